The molecule has 2 radical (unpaired) electrons. The number of halogens is 1. The Balaban J connectivity index is 0.000000281. The molecule has 0 saturated carbocycles. The molecule has 0 aliphatic rings. The van der Waals surface area contributed by atoms with E-state index in [-0.39, 0.29) is 55.7 Å². The van der Waals surface area contributed by atoms with Gasteiger partial charge in [0.2, 0.25) is 0 Å². The normalized spacial score (nSPS) is 9.60. The van der Waals surface area contributed by atoms with E-state index in [9.17, 15) is 30.0 Å². The maximum absolute atomic E-state index is 10.5. The van der Waals surface area contributed by atoms with Crippen molar-refractivity contribution in [1.29, 1.82) is 0 Å². The Labute approximate surface area is 179 Å². The molecule has 2 N–H and O–H groups in total. The van der Waals surface area contributed by atoms with Crippen molar-refractivity contribution in [1.82, 2.24) is 9.97 Å². The average Bonchev–Trinajstić information content (AvgIpc) is 2.68. The summed E-state index contributed by atoms with van der Waals surface area (Å²) in [5.74, 6) is -2.78. The molecule has 2 aromatic carbocycles. The Kier molecular flexibility index (Phi) is 8.22. The first kappa shape index (κ1) is 24.3. The Hall–Kier alpha value is -3.75. The molecule has 0 fully saturated rings. The van der Waals surface area contributed by atoms with Gasteiger partial charge in [-0.3, -0.25) is 0 Å². The monoisotopic (exact) mass is 458 g/mol. The number of aromatic nitrogens is 2. The van der Waals surface area contributed by atoms with Crippen molar-refractivity contribution in [3.63, 3.8) is 0 Å². The molecule has 0 saturated heterocycles. The summed E-state index contributed by atoms with van der Waals surface area (Å²) >= 11 is 0. The van der Waals surface area contributed by atoms with Crippen LogP contribution < -0.4 is 10.2 Å². The van der Waals surface area contributed by atoms with E-state index in [2.05, 4.69) is 9.97 Å². The summed E-state index contributed by atoms with van der Waals surface area (Å²) in [5.41, 5.74) is 0.182. The number of aromatic hydroxyl groups is 2. The van der Waals surface area contributed by atoms with Crippen LogP contribution in [0.2, 0.25) is 0 Å². The minimum Gasteiger partial charge on any atom is -0.543 e. The zero-order valence-electron chi connectivity index (χ0n) is 14.9. The van der Waals surface area contributed by atoms with Gasteiger partial charge in [0.1, 0.15) is 22.5 Å². The number of carbonyl (C=O) groups excluding carboxylic acids is 2. The fourth-order valence-corrected chi connectivity index (χ4v) is 2.49. The van der Waals surface area contributed by atoms with Crippen molar-refractivity contribution in [2.24, 2.45) is 0 Å². The number of phenolic OH excluding ortho intramolecular Hbond substituents is 2. The SMILES string of the molecule is O=C([O-])c1ccc2cccc(O)c2n1.O=C([O-])c1ccc2cccc(O)c2n1.[Cu+2].[F]. The summed E-state index contributed by atoms with van der Waals surface area (Å²) in [6.45, 7) is 0. The third-order valence-corrected chi connectivity index (χ3v) is 3.82. The third-order valence-electron chi connectivity index (χ3n) is 3.82. The molecule has 0 spiro atoms. The van der Waals surface area contributed by atoms with Gasteiger partial charge >= 0.3 is 17.1 Å². The van der Waals surface area contributed by atoms with Crippen LogP contribution in [0, 0.1) is 0 Å². The summed E-state index contributed by atoms with van der Waals surface area (Å²) in [5, 5.41) is 41.2. The number of para-hydroxylation sites is 2. The van der Waals surface area contributed by atoms with Crippen molar-refractivity contribution in [2.75, 3.05) is 0 Å². The molecule has 2 aromatic heterocycles. The first-order valence-electron chi connectivity index (χ1n) is 7.97. The van der Waals surface area contributed by atoms with E-state index in [0.29, 0.717) is 10.8 Å². The van der Waals surface area contributed by atoms with Crippen molar-refractivity contribution >= 4 is 33.7 Å². The summed E-state index contributed by atoms with van der Waals surface area (Å²) in [4.78, 5) is 28.5. The first-order chi connectivity index (χ1) is 13.4. The second-order valence-electron chi connectivity index (χ2n) is 5.67. The van der Waals surface area contributed by atoms with Gasteiger partial charge < -0.3 is 30.0 Å². The maximum Gasteiger partial charge on any atom is 2.00 e. The smallest absolute Gasteiger partial charge is 0.543 e. The standard InChI is InChI=1S/2C10H7NO3.Cu.F/c2*12-8-3-1-2-6-4-5-7(10(13)14)11-9(6)8;;/h2*1-5,12H,(H,13,14);;/q;;+2;/p-2. The summed E-state index contributed by atoms with van der Waals surface area (Å²) in [6.07, 6.45) is 0. The fourth-order valence-electron chi connectivity index (χ4n) is 2.49. The predicted octanol–water partition coefficient (Wildman–Crippen LogP) is 1.03. The Bertz CT molecular complexity index is 1120. The van der Waals surface area contributed by atoms with Crippen molar-refractivity contribution in [3.05, 3.63) is 72.1 Å². The molecule has 2 heterocycles. The van der Waals surface area contributed by atoms with Crippen molar-refractivity contribution in [3.8, 4) is 11.5 Å². The summed E-state index contributed by atoms with van der Waals surface area (Å²) in [6, 6.07) is 15.6. The van der Waals surface area contributed by atoms with Gasteiger partial charge in [-0.2, -0.15) is 0 Å². The molecule has 0 unspecified atom stereocenters. The number of carbonyl (C=O) groups is 2. The second-order valence-corrected chi connectivity index (χ2v) is 5.67. The molecule has 0 atom stereocenters. The fraction of sp³-hybridized carbons (Fsp3) is 0. The molecule has 0 amide bonds. The van der Waals surface area contributed by atoms with Crippen LogP contribution in [0.1, 0.15) is 21.0 Å². The van der Waals surface area contributed by atoms with Gasteiger partial charge in [-0.15, -0.1) is 0 Å². The van der Waals surface area contributed by atoms with Crippen LogP contribution in [0.25, 0.3) is 21.8 Å². The van der Waals surface area contributed by atoms with Crippen molar-refractivity contribution in [2.45, 2.75) is 0 Å². The number of aromatic carboxylic acids is 2. The molecule has 4 aromatic rings. The molecule has 4 rings (SSSR count). The molecule has 8 nitrogen and oxygen atoms in total. The van der Waals surface area contributed by atoms with E-state index in [0.717, 1.165) is 0 Å². The summed E-state index contributed by atoms with van der Waals surface area (Å²) in [7, 11) is 0. The maximum atomic E-state index is 10.5. The number of rotatable bonds is 2. The Morgan fingerprint density at radius 3 is 1.37 bits per heavy atom. The van der Waals surface area contributed by atoms with E-state index >= 15 is 0 Å². The number of hydrogen-bond donors (Lipinski definition) is 2. The number of benzene rings is 2. The number of nitrogens with zero attached hydrogens (tertiary/aromatic N) is 2. The zero-order chi connectivity index (χ0) is 20.3. The molecule has 0 aliphatic carbocycles. The number of carboxylic acid groups (broad SMARTS) is 2. The van der Waals surface area contributed by atoms with Crippen LogP contribution in [0.15, 0.2) is 60.7 Å². The minimum absolute atomic E-state index is 0. The van der Waals surface area contributed by atoms with Crippen LogP contribution in [0.3, 0.4) is 0 Å². The molecule has 156 valence electrons. The van der Waals surface area contributed by atoms with Gasteiger partial charge in [0.05, 0.1) is 23.3 Å². The van der Waals surface area contributed by atoms with Gasteiger partial charge in [0.25, 0.3) is 0 Å². The number of fused-ring (bicyclic) bond motifs is 2. The predicted molar refractivity (Wildman–Crippen MR) is 96.6 cm³/mol. The van der Waals surface area contributed by atoms with E-state index < -0.39 is 11.9 Å². The van der Waals surface area contributed by atoms with E-state index in [4.69, 9.17) is 0 Å². The largest absolute Gasteiger partial charge is 2.00 e. The Morgan fingerprint density at radius 2 is 1.03 bits per heavy atom. The van der Waals surface area contributed by atoms with Crippen LogP contribution >= 0.6 is 0 Å². The van der Waals surface area contributed by atoms with Crippen LogP contribution in [-0.2, 0) is 17.1 Å². The number of pyridine rings is 2. The van der Waals surface area contributed by atoms with E-state index in [1.165, 1.54) is 24.3 Å². The average molecular weight is 459 g/mol. The number of phenols is 2. The van der Waals surface area contributed by atoms with E-state index in [1.54, 1.807) is 36.4 Å². The van der Waals surface area contributed by atoms with E-state index in [1.807, 2.05) is 0 Å². The number of carboxylic acids is 2. The molecular weight excluding hydrogens is 447 g/mol. The first-order valence-corrected chi connectivity index (χ1v) is 7.97. The minimum atomic E-state index is -1.35. The van der Waals surface area contributed by atoms with Crippen molar-refractivity contribution < 1.29 is 51.8 Å². The summed E-state index contributed by atoms with van der Waals surface area (Å²) < 4.78 is 0. The van der Waals surface area contributed by atoms with Gasteiger partial charge in [0.15, 0.2) is 0 Å². The molecule has 0 bridgehead atoms. The van der Waals surface area contributed by atoms with Gasteiger partial charge in [-0.05, 0) is 24.3 Å². The third kappa shape index (κ3) is 5.19. The molecular formula is C20H12CuFN2O6. The van der Waals surface area contributed by atoms with Crippen LogP contribution in [0.4, 0.5) is 4.70 Å². The second kappa shape index (κ2) is 10.1. The van der Waals surface area contributed by atoms with Gasteiger partial charge in [0, 0.05) is 15.5 Å². The molecule has 10 heteroatoms. The quantitative estimate of drug-likeness (QED) is 0.423. The Morgan fingerprint density at radius 1 is 0.667 bits per heavy atom. The molecule has 30 heavy (non-hydrogen) atoms. The van der Waals surface area contributed by atoms with Gasteiger partial charge in [-0.1, -0.05) is 36.4 Å². The molecule has 0 aliphatic heterocycles. The van der Waals surface area contributed by atoms with Crippen LogP contribution in [-0.4, -0.2) is 32.1 Å². The van der Waals surface area contributed by atoms with Gasteiger partial charge in [-0.25, -0.2) is 9.97 Å². The van der Waals surface area contributed by atoms with Crippen LogP contribution in [0.5, 0.6) is 11.5 Å². The topological polar surface area (TPSA) is 146 Å². The zero-order valence-corrected chi connectivity index (χ0v) is 15.8. The number of hydrogen-bond acceptors (Lipinski definition) is 8.